The van der Waals surface area contributed by atoms with Crippen LogP contribution in [0.5, 0.6) is 11.6 Å². The van der Waals surface area contributed by atoms with E-state index in [-0.39, 0.29) is 11.6 Å². The smallest absolute Gasteiger partial charge is 0.218 e. The molecule has 1 saturated carbocycles. The molecular weight excluding hydrogens is 364 g/mol. The zero-order valence-electron chi connectivity index (χ0n) is 17.3. The summed E-state index contributed by atoms with van der Waals surface area (Å²) in [5, 5.41) is 7.05. The third-order valence-electron chi connectivity index (χ3n) is 5.82. The lowest BCUT2D eigenvalue weighted by Gasteiger charge is -2.40. The summed E-state index contributed by atoms with van der Waals surface area (Å²) in [7, 11) is 1.80. The van der Waals surface area contributed by atoms with Gasteiger partial charge in [0.2, 0.25) is 5.88 Å². The minimum absolute atomic E-state index is 0.0453. The van der Waals surface area contributed by atoms with Crippen molar-refractivity contribution in [3.63, 3.8) is 0 Å². The molecule has 0 bridgehead atoms. The van der Waals surface area contributed by atoms with Crippen molar-refractivity contribution in [2.24, 2.45) is 4.99 Å². The van der Waals surface area contributed by atoms with Crippen LogP contribution in [0.1, 0.15) is 56.2 Å². The zero-order valence-corrected chi connectivity index (χ0v) is 17.3. The van der Waals surface area contributed by atoms with Gasteiger partial charge in [0.1, 0.15) is 11.4 Å². The molecule has 2 aliphatic rings. The van der Waals surface area contributed by atoms with E-state index in [0.29, 0.717) is 19.0 Å². The average Bonchev–Trinajstić information content (AvgIpc) is 3.19. The van der Waals surface area contributed by atoms with Crippen LogP contribution < -0.4 is 20.1 Å². The highest BCUT2D eigenvalue weighted by molar-refractivity contribution is 5.80. The normalized spacial score (nSPS) is 20.1. The van der Waals surface area contributed by atoms with Gasteiger partial charge < -0.3 is 20.1 Å². The SMILES string of the molecule is CCOc1ncccc1CNC(=NC)NC1CC2(CCCC2)Oc2ccccc21. The van der Waals surface area contributed by atoms with Crippen LogP contribution in [0.3, 0.4) is 0 Å². The van der Waals surface area contributed by atoms with E-state index in [4.69, 9.17) is 9.47 Å². The number of benzene rings is 1. The molecule has 6 nitrogen and oxygen atoms in total. The summed E-state index contributed by atoms with van der Waals surface area (Å²) in [6.07, 6.45) is 7.44. The van der Waals surface area contributed by atoms with Gasteiger partial charge in [0, 0.05) is 37.3 Å². The van der Waals surface area contributed by atoms with E-state index in [1.807, 2.05) is 19.1 Å². The van der Waals surface area contributed by atoms with Gasteiger partial charge in [-0.05, 0) is 44.7 Å². The highest BCUT2D eigenvalue weighted by Gasteiger charge is 2.43. The van der Waals surface area contributed by atoms with Crippen LogP contribution in [0, 0.1) is 0 Å². The van der Waals surface area contributed by atoms with Gasteiger partial charge in [-0.25, -0.2) is 4.98 Å². The summed E-state index contributed by atoms with van der Waals surface area (Å²) in [6, 6.07) is 12.5. The maximum atomic E-state index is 6.47. The molecule has 0 saturated heterocycles. The highest BCUT2D eigenvalue weighted by atomic mass is 16.5. The average molecular weight is 395 g/mol. The van der Waals surface area contributed by atoms with Crippen molar-refractivity contribution in [2.45, 2.75) is 57.2 Å². The number of aliphatic imine (C=N–C) groups is 1. The second kappa shape index (κ2) is 8.72. The first kappa shape index (κ1) is 19.6. The van der Waals surface area contributed by atoms with Crippen molar-refractivity contribution in [2.75, 3.05) is 13.7 Å². The molecule has 1 spiro atoms. The van der Waals surface area contributed by atoms with Gasteiger partial charge in [-0.2, -0.15) is 0 Å². The molecule has 0 radical (unpaired) electrons. The Labute approximate surface area is 172 Å². The minimum atomic E-state index is -0.0453. The van der Waals surface area contributed by atoms with E-state index < -0.39 is 0 Å². The fourth-order valence-electron chi connectivity index (χ4n) is 4.44. The Hall–Kier alpha value is -2.76. The number of hydrogen-bond acceptors (Lipinski definition) is 4. The molecule has 1 atom stereocenters. The Morgan fingerprint density at radius 2 is 2.07 bits per heavy atom. The summed E-state index contributed by atoms with van der Waals surface area (Å²) < 4.78 is 12.1. The number of nitrogens with one attached hydrogen (secondary N) is 2. The largest absolute Gasteiger partial charge is 0.487 e. The first-order valence-corrected chi connectivity index (χ1v) is 10.5. The van der Waals surface area contributed by atoms with E-state index in [1.54, 1.807) is 13.2 Å². The van der Waals surface area contributed by atoms with Crippen LogP contribution in [-0.4, -0.2) is 30.2 Å². The van der Waals surface area contributed by atoms with Crippen LogP contribution in [0.25, 0.3) is 0 Å². The third-order valence-corrected chi connectivity index (χ3v) is 5.82. The number of ether oxygens (including phenoxy) is 2. The van der Waals surface area contributed by atoms with Crippen LogP contribution in [0.15, 0.2) is 47.6 Å². The molecule has 1 unspecified atom stereocenters. The fraction of sp³-hybridized carbons (Fsp3) is 0.478. The van der Waals surface area contributed by atoms with E-state index in [0.717, 1.165) is 36.5 Å². The molecule has 1 aliphatic carbocycles. The number of hydrogen-bond donors (Lipinski definition) is 2. The van der Waals surface area contributed by atoms with E-state index in [1.165, 1.54) is 18.4 Å². The molecule has 154 valence electrons. The number of pyridine rings is 1. The number of rotatable bonds is 5. The van der Waals surface area contributed by atoms with Crippen molar-refractivity contribution in [3.05, 3.63) is 53.7 Å². The lowest BCUT2D eigenvalue weighted by molar-refractivity contribution is 0.0396. The summed E-state index contributed by atoms with van der Waals surface area (Å²) in [4.78, 5) is 8.78. The van der Waals surface area contributed by atoms with Gasteiger partial charge in [0.05, 0.1) is 12.6 Å². The number of fused-ring (bicyclic) bond motifs is 1. The summed E-state index contributed by atoms with van der Waals surface area (Å²) in [5.74, 6) is 2.44. The maximum absolute atomic E-state index is 6.47. The molecule has 2 heterocycles. The van der Waals surface area contributed by atoms with Crippen molar-refractivity contribution < 1.29 is 9.47 Å². The Kier molecular flexibility index (Phi) is 5.88. The molecule has 2 aromatic rings. The molecule has 4 rings (SSSR count). The van der Waals surface area contributed by atoms with Crippen molar-refractivity contribution in [3.8, 4) is 11.6 Å². The van der Waals surface area contributed by atoms with Crippen LogP contribution in [-0.2, 0) is 6.54 Å². The summed E-state index contributed by atoms with van der Waals surface area (Å²) in [5.41, 5.74) is 2.16. The van der Waals surface area contributed by atoms with Gasteiger partial charge in [-0.3, -0.25) is 4.99 Å². The Morgan fingerprint density at radius 1 is 1.24 bits per heavy atom. The maximum Gasteiger partial charge on any atom is 0.218 e. The first-order valence-electron chi connectivity index (χ1n) is 10.5. The third kappa shape index (κ3) is 4.31. The van der Waals surface area contributed by atoms with Crippen molar-refractivity contribution in [1.82, 2.24) is 15.6 Å². The van der Waals surface area contributed by atoms with E-state index >= 15 is 0 Å². The van der Waals surface area contributed by atoms with Gasteiger partial charge in [0.25, 0.3) is 0 Å². The molecular formula is C23H30N4O2. The number of nitrogens with zero attached hydrogens (tertiary/aromatic N) is 2. The second-order valence-electron chi connectivity index (χ2n) is 7.76. The van der Waals surface area contributed by atoms with E-state index in [9.17, 15) is 0 Å². The first-order chi connectivity index (χ1) is 14.2. The lowest BCUT2D eigenvalue weighted by Crippen LogP contribution is -2.46. The Morgan fingerprint density at radius 3 is 2.86 bits per heavy atom. The van der Waals surface area contributed by atoms with Crippen molar-refractivity contribution >= 4 is 5.96 Å². The predicted molar refractivity (Wildman–Crippen MR) is 114 cm³/mol. The standard InChI is InChI=1S/C23H30N4O2/c1-3-28-21-17(9-8-14-25-21)16-26-22(24-2)27-19-15-23(12-6-7-13-23)29-20-11-5-4-10-18(19)20/h4-5,8-11,14,19H,3,6-7,12-13,15-16H2,1-2H3,(H2,24,26,27). The molecule has 1 aromatic carbocycles. The number of para-hydroxylation sites is 1. The summed E-state index contributed by atoms with van der Waals surface area (Å²) >= 11 is 0. The van der Waals surface area contributed by atoms with Crippen LogP contribution in [0.4, 0.5) is 0 Å². The molecule has 0 amide bonds. The highest BCUT2D eigenvalue weighted by Crippen LogP contribution is 2.46. The predicted octanol–water partition coefficient (Wildman–Crippen LogP) is 3.98. The summed E-state index contributed by atoms with van der Waals surface area (Å²) in [6.45, 7) is 3.16. The molecule has 1 aliphatic heterocycles. The van der Waals surface area contributed by atoms with Gasteiger partial charge >= 0.3 is 0 Å². The number of aromatic nitrogens is 1. The van der Waals surface area contributed by atoms with Gasteiger partial charge in [-0.15, -0.1) is 0 Å². The van der Waals surface area contributed by atoms with Crippen LogP contribution in [0.2, 0.25) is 0 Å². The lowest BCUT2D eigenvalue weighted by atomic mass is 9.86. The Bertz CT molecular complexity index is 861. The molecule has 1 fully saturated rings. The number of guanidine groups is 1. The molecule has 6 heteroatoms. The molecule has 2 N–H and O–H groups in total. The monoisotopic (exact) mass is 394 g/mol. The van der Waals surface area contributed by atoms with Crippen molar-refractivity contribution in [1.29, 1.82) is 0 Å². The van der Waals surface area contributed by atoms with Gasteiger partial charge in [-0.1, -0.05) is 24.3 Å². The van der Waals surface area contributed by atoms with Crippen LogP contribution >= 0.6 is 0 Å². The second-order valence-corrected chi connectivity index (χ2v) is 7.76. The topological polar surface area (TPSA) is 67.8 Å². The zero-order chi connectivity index (χ0) is 20.1. The molecule has 1 aromatic heterocycles. The fourth-order valence-corrected chi connectivity index (χ4v) is 4.44. The quantitative estimate of drug-likeness (QED) is 0.593. The van der Waals surface area contributed by atoms with Gasteiger partial charge in [0.15, 0.2) is 5.96 Å². The Balaban J connectivity index is 1.48. The molecule has 29 heavy (non-hydrogen) atoms. The minimum Gasteiger partial charge on any atom is -0.487 e. The van der Waals surface area contributed by atoms with E-state index in [2.05, 4.69) is 44.9 Å².